The number of fused-ring (bicyclic) bond motifs is 2. The zero-order chi connectivity index (χ0) is 15.3. The lowest BCUT2D eigenvalue weighted by molar-refractivity contribution is -0.0180. The molecule has 0 aliphatic heterocycles. The summed E-state index contributed by atoms with van der Waals surface area (Å²) in [5.74, 6) is 3.59. The highest BCUT2D eigenvalue weighted by Crippen LogP contribution is 2.67. The maximum atomic E-state index is 12.7. The Labute approximate surface area is 126 Å². The fourth-order valence-electron chi connectivity index (χ4n) is 4.15. The van der Waals surface area contributed by atoms with Gasteiger partial charge in [-0.2, -0.15) is 0 Å². The summed E-state index contributed by atoms with van der Waals surface area (Å²) in [6.07, 6.45) is 2.38. The second-order valence-electron chi connectivity index (χ2n) is 8.18. The molecule has 5 atom stereocenters. The zero-order valence-corrected chi connectivity index (χ0v) is 14.7. The van der Waals surface area contributed by atoms with E-state index in [1.807, 2.05) is 0 Å². The molecular weight excluding hydrogens is 268 g/mol. The van der Waals surface area contributed by atoms with Gasteiger partial charge in [-0.1, -0.05) is 26.7 Å². The first-order chi connectivity index (χ1) is 9.04. The van der Waals surface area contributed by atoms with E-state index in [1.165, 1.54) is 6.42 Å². The Bertz CT molecular complexity index is 477. The minimum absolute atomic E-state index is 0.0589. The molecule has 0 aromatic carbocycles. The molecule has 2 rings (SSSR count). The minimum Gasteiger partial charge on any atom is -0.380 e. The summed E-state index contributed by atoms with van der Waals surface area (Å²) in [5, 5.41) is 3.07. The van der Waals surface area contributed by atoms with Gasteiger partial charge in [0, 0.05) is 17.9 Å². The predicted octanol–water partition coefficient (Wildman–Crippen LogP) is 3.58. The van der Waals surface area contributed by atoms with Crippen LogP contribution < -0.4 is 0 Å². The van der Waals surface area contributed by atoms with E-state index in [9.17, 15) is 4.21 Å². The number of hydrogen-bond acceptors (Lipinski definition) is 2. The van der Waals surface area contributed by atoms with Gasteiger partial charge in [0.1, 0.15) is 10.8 Å². The molecule has 2 bridgehead atoms. The maximum Gasteiger partial charge on any atom is 0.104 e. The van der Waals surface area contributed by atoms with Crippen LogP contribution in [0.1, 0.15) is 54.4 Å². The quantitative estimate of drug-likeness (QED) is 0.728. The third-order valence-corrected chi connectivity index (χ3v) is 7.10. The Morgan fingerprint density at radius 1 is 1.25 bits per heavy atom. The van der Waals surface area contributed by atoms with Gasteiger partial charge in [0.25, 0.3) is 0 Å². The lowest BCUT2D eigenvalue weighted by atomic mass is 9.70. The number of rotatable bonds is 2. The van der Waals surface area contributed by atoms with Gasteiger partial charge in [0.15, 0.2) is 0 Å². The Morgan fingerprint density at radius 2 is 1.85 bits per heavy atom. The minimum atomic E-state index is -1.13. The van der Waals surface area contributed by atoms with Gasteiger partial charge >= 0.3 is 0 Å². The fraction of sp³-hybridized carbons (Fsp3) is 0.882. The summed E-state index contributed by atoms with van der Waals surface area (Å²) < 4.78 is 18.5. The van der Waals surface area contributed by atoms with Gasteiger partial charge in [-0.05, 0) is 50.2 Å². The van der Waals surface area contributed by atoms with Crippen molar-refractivity contribution in [2.24, 2.45) is 22.2 Å². The van der Waals surface area contributed by atoms with Crippen molar-refractivity contribution in [1.82, 2.24) is 0 Å². The first-order valence-electron chi connectivity index (χ1n) is 7.51. The van der Waals surface area contributed by atoms with Crippen LogP contribution in [0.4, 0.5) is 0 Å². The van der Waals surface area contributed by atoms with Crippen LogP contribution in [-0.4, -0.2) is 22.7 Å². The monoisotopic (exact) mass is 296 g/mol. The molecule has 20 heavy (non-hydrogen) atoms. The molecule has 0 aromatic heterocycles. The summed E-state index contributed by atoms with van der Waals surface area (Å²) >= 11 is 0. The van der Waals surface area contributed by atoms with E-state index in [0.29, 0.717) is 5.92 Å². The van der Waals surface area contributed by atoms with Gasteiger partial charge in [-0.3, -0.25) is 0 Å². The summed E-state index contributed by atoms with van der Waals surface area (Å²) in [7, 11) is 0.628. The Balaban J connectivity index is 2.33. The largest absolute Gasteiger partial charge is 0.380 e. The first kappa shape index (κ1) is 16.0. The topological polar surface area (TPSA) is 26.3 Å². The van der Waals surface area contributed by atoms with E-state index in [1.54, 1.807) is 7.11 Å². The molecule has 0 radical (unpaired) electrons. The van der Waals surface area contributed by atoms with E-state index < -0.39 is 10.8 Å². The van der Waals surface area contributed by atoms with Crippen molar-refractivity contribution in [2.45, 2.75) is 65.7 Å². The van der Waals surface area contributed by atoms with E-state index in [-0.39, 0.29) is 27.6 Å². The summed E-state index contributed by atoms with van der Waals surface area (Å²) in [5.41, 5.74) is 0.197. The summed E-state index contributed by atoms with van der Waals surface area (Å²) in [6, 6.07) is 0. The van der Waals surface area contributed by atoms with Crippen LogP contribution in [0.5, 0.6) is 0 Å². The van der Waals surface area contributed by atoms with Crippen molar-refractivity contribution in [2.75, 3.05) is 7.11 Å². The maximum absolute atomic E-state index is 12.7. The van der Waals surface area contributed by atoms with Crippen molar-refractivity contribution in [3.05, 3.63) is 0 Å². The van der Waals surface area contributed by atoms with Gasteiger partial charge in [0.05, 0.1) is 11.4 Å². The molecular formula is C17H28O2S. The third kappa shape index (κ3) is 2.25. The SMILES string of the molecule is CO[C@@H]1[C@H](S(=O)C#CC(C)(C)C)[C@H]2CC[C@]1(C)C2(C)C. The van der Waals surface area contributed by atoms with Crippen molar-refractivity contribution in [3.8, 4) is 11.2 Å². The molecule has 0 heterocycles. The van der Waals surface area contributed by atoms with E-state index in [2.05, 4.69) is 52.7 Å². The molecule has 0 amide bonds. The fourth-order valence-corrected chi connectivity index (χ4v) is 6.10. The Kier molecular flexibility index (Phi) is 3.89. The molecule has 0 saturated heterocycles. The van der Waals surface area contributed by atoms with Gasteiger partial charge in [-0.15, -0.1) is 0 Å². The second kappa shape index (κ2) is 4.85. The molecule has 2 saturated carbocycles. The van der Waals surface area contributed by atoms with Crippen LogP contribution in [-0.2, 0) is 15.5 Å². The number of ether oxygens (including phenoxy) is 1. The van der Waals surface area contributed by atoms with Crippen LogP contribution in [0.2, 0.25) is 0 Å². The van der Waals surface area contributed by atoms with Crippen LogP contribution in [0.3, 0.4) is 0 Å². The highest BCUT2D eigenvalue weighted by atomic mass is 32.2. The second-order valence-corrected chi connectivity index (χ2v) is 9.52. The molecule has 0 N–H and O–H groups in total. The standard InChI is InChI=1S/C17H28O2S/c1-15(2,3)10-11-20(18)13-12-8-9-17(6,14(13)19-7)16(12,4)5/h12-14H,8-9H2,1-7H3/t12-,13-,14-,17+,20?/m1/s1. The van der Waals surface area contributed by atoms with E-state index in [4.69, 9.17) is 4.74 Å². The van der Waals surface area contributed by atoms with Gasteiger partial charge in [-0.25, -0.2) is 4.21 Å². The molecule has 2 aliphatic carbocycles. The third-order valence-electron chi connectivity index (χ3n) is 5.72. The number of methoxy groups -OCH3 is 1. The molecule has 2 fully saturated rings. The predicted molar refractivity (Wildman–Crippen MR) is 84.6 cm³/mol. The average molecular weight is 296 g/mol. The van der Waals surface area contributed by atoms with E-state index in [0.717, 1.165) is 6.42 Å². The van der Waals surface area contributed by atoms with E-state index >= 15 is 0 Å². The molecule has 0 aromatic rings. The highest BCUT2D eigenvalue weighted by molar-refractivity contribution is 7.90. The van der Waals surface area contributed by atoms with Crippen LogP contribution in [0.15, 0.2) is 0 Å². The van der Waals surface area contributed by atoms with Crippen molar-refractivity contribution < 1.29 is 8.95 Å². The Hall–Kier alpha value is -0.330. The highest BCUT2D eigenvalue weighted by Gasteiger charge is 2.67. The molecule has 3 heteroatoms. The van der Waals surface area contributed by atoms with Crippen LogP contribution >= 0.6 is 0 Å². The smallest absolute Gasteiger partial charge is 0.104 e. The molecule has 2 nitrogen and oxygen atoms in total. The summed E-state index contributed by atoms with van der Waals surface area (Å²) in [6.45, 7) is 13.1. The average Bonchev–Trinajstić information content (AvgIpc) is 2.64. The lowest BCUT2D eigenvalue weighted by Gasteiger charge is -2.38. The number of hydrogen-bond donors (Lipinski definition) is 0. The van der Waals surface area contributed by atoms with Crippen LogP contribution in [0, 0.1) is 33.3 Å². The molecule has 114 valence electrons. The summed E-state index contributed by atoms with van der Waals surface area (Å²) in [4.78, 5) is 0. The molecule has 1 unspecified atom stereocenters. The normalized spacial score (nSPS) is 40.2. The van der Waals surface area contributed by atoms with Crippen LogP contribution in [0.25, 0.3) is 0 Å². The van der Waals surface area contributed by atoms with Crippen molar-refractivity contribution in [1.29, 1.82) is 0 Å². The lowest BCUT2D eigenvalue weighted by Crippen LogP contribution is -2.42. The van der Waals surface area contributed by atoms with Crippen molar-refractivity contribution in [3.63, 3.8) is 0 Å². The van der Waals surface area contributed by atoms with Gasteiger partial charge in [0.2, 0.25) is 0 Å². The van der Waals surface area contributed by atoms with Gasteiger partial charge < -0.3 is 4.74 Å². The zero-order valence-electron chi connectivity index (χ0n) is 13.9. The first-order valence-corrected chi connectivity index (χ1v) is 8.72. The van der Waals surface area contributed by atoms with Crippen molar-refractivity contribution >= 4 is 10.8 Å². The molecule has 0 spiro atoms. The molecule has 2 aliphatic rings. The Morgan fingerprint density at radius 3 is 2.35 bits per heavy atom.